The fraction of sp³-hybridized carbons (Fsp3) is 0.571. The molecule has 4 nitrogen and oxygen atoms in total. The Hall–Kier alpha value is -1.42. The second-order valence-electron chi connectivity index (χ2n) is 5.06. The van der Waals surface area contributed by atoms with Crippen molar-refractivity contribution in [3.8, 4) is 11.5 Å². The smallest absolute Gasteiger partial charge is 0.163 e. The van der Waals surface area contributed by atoms with Crippen molar-refractivity contribution >= 4 is 5.69 Å². The van der Waals surface area contributed by atoms with Crippen LogP contribution in [0, 0.1) is 0 Å². The van der Waals surface area contributed by atoms with Crippen LogP contribution in [-0.2, 0) is 0 Å². The van der Waals surface area contributed by atoms with Gasteiger partial charge in [0.05, 0.1) is 13.2 Å². The van der Waals surface area contributed by atoms with Crippen LogP contribution in [-0.4, -0.2) is 25.3 Å². The van der Waals surface area contributed by atoms with Crippen LogP contribution in [0.25, 0.3) is 0 Å². The van der Waals surface area contributed by atoms with Crippen LogP contribution >= 0.6 is 0 Å². The number of nitrogens with two attached hydrogens (primary N) is 1. The highest BCUT2D eigenvalue weighted by Gasteiger charge is 2.23. The quantitative estimate of drug-likeness (QED) is 0.842. The summed E-state index contributed by atoms with van der Waals surface area (Å²) in [6.07, 6.45) is 4.41. The lowest BCUT2D eigenvalue weighted by Gasteiger charge is -2.19. The molecule has 0 bridgehead atoms. The monoisotopic (exact) mass is 248 g/mol. The van der Waals surface area contributed by atoms with Crippen LogP contribution in [0.1, 0.15) is 25.7 Å². The van der Waals surface area contributed by atoms with E-state index < -0.39 is 0 Å². The first kappa shape index (κ1) is 11.7. The van der Waals surface area contributed by atoms with E-state index in [1.54, 1.807) is 0 Å². The number of fused-ring (bicyclic) bond motifs is 1. The van der Waals surface area contributed by atoms with Crippen molar-refractivity contribution in [2.75, 3.05) is 18.5 Å². The first-order valence-corrected chi connectivity index (χ1v) is 6.75. The van der Waals surface area contributed by atoms with E-state index in [9.17, 15) is 0 Å². The third-order valence-corrected chi connectivity index (χ3v) is 3.67. The normalized spacial score (nSPS) is 26.7. The minimum atomic E-state index is 0.265. The van der Waals surface area contributed by atoms with Crippen molar-refractivity contribution in [3.05, 3.63) is 18.2 Å². The van der Waals surface area contributed by atoms with E-state index >= 15 is 0 Å². The Morgan fingerprint density at radius 3 is 2.67 bits per heavy atom. The average Bonchev–Trinajstić information content (AvgIpc) is 2.65. The highest BCUT2D eigenvalue weighted by atomic mass is 16.5. The van der Waals surface area contributed by atoms with Crippen molar-refractivity contribution in [3.63, 3.8) is 0 Å². The molecule has 0 spiro atoms. The maximum Gasteiger partial charge on any atom is 0.163 e. The molecule has 1 aromatic carbocycles. The molecule has 1 heterocycles. The minimum absolute atomic E-state index is 0.265. The van der Waals surface area contributed by atoms with Crippen LogP contribution in [0.4, 0.5) is 5.69 Å². The first-order chi connectivity index (χ1) is 8.83. The molecule has 1 aromatic rings. The van der Waals surface area contributed by atoms with Crippen molar-refractivity contribution in [2.45, 2.75) is 37.8 Å². The molecule has 1 saturated carbocycles. The van der Waals surface area contributed by atoms with Gasteiger partial charge in [-0.15, -0.1) is 0 Å². The summed E-state index contributed by atoms with van der Waals surface area (Å²) in [4.78, 5) is 0. The summed E-state index contributed by atoms with van der Waals surface area (Å²) in [7, 11) is 0. The molecule has 0 saturated heterocycles. The molecule has 1 fully saturated rings. The first-order valence-electron chi connectivity index (χ1n) is 6.75. The number of benzene rings is 1. The van der Waals surface area contributed by atoms with Crippen molar-refractivity contribution < 1.29 is 9.47 Å². The predicted octanol–water partition coefficient (Wildman–Crippen LogP) is 2.14. The molecule has 0 radical (unpaired) electrons. The standard InChI is InChI=1S/C14H20N2O2/c15-11-3-1-4-12(11)16-10-5-6-13-14(9-10)18-8-2-7-17-13/h5-6,9,11-12,16H,1-4,7-8,15H2. The number of rotatable bonds is 2. The van der Waals surface area contributed by atoms with Gasteiger partial charge < -0.3 is 20.5 Å². The molecular formula is C14H20N2O2. The summed E-state index contributed by atoms with van der Waals surface area (Å²) in [5, 5.41) is 3.50. The fourth-order valence-electron chi connectivity index (χ4n) is 2.64. The zero-order valence-electron chi connectivity index (χ0n) is 10.5. The lowest BCUT2D eigenvalue weighted by atomic mass is 10.1. The lowest BCUT2D eigenvalue weighted by Crippen LogP contribution is -2.35. The highest BCUT2D eigenvalue weighted by molar-refractivity contribution is 5.55. The van der Waals surface area contributed by atoms with Crippen molar-refractivity contribution in [1.29, 1.82) is 0 Å². The summed E-state index contributed by atoms with van der Waals surface area (Å²) >= 11 is 0. The Morgan fingerprint density at radius 2 is 1.89 bits per heavy atom. The van der Waals surface area contributed by atoms with Gasteiger partial charge in [-0.3, -0.25) is 0 Å². The number of ether oxygens (including phenoxy) is 2. The topological polar surface area (TPSA) is 56.5 Å². The van der Waals surface area contributed by atoms with E-state index in [1.807, 2.05) is 18.2 Å². The van der Waals surface area contributed by atoms with Gasteiger partial charge in [0.2, 0.25) is 0 Å². The second kappa shape index (κ2) is 5.06. The lowest BCUT2D eigenvalue weighted by molar-refractivity contribution is 0.297. The third-order valence-electron chi connectivity index (χ3n) is 3.67. The van der Waals surface area contributed by atoms with E-state index in [2.05, 4.69) is 5.32 Å². The molecule has 3 N–H and O–H groups in total. The molecule has 2 unspecified atom stereocenters. The summed E-state index contributed by atoms with van der Waals surface area (Å²) in [5.41, 5.74) is 7.14. The number of hydrogen-bond acceptors (Lipinski definition) is 4. The Morgan fingerprint density at radius 1 is 1.06 bits per heavy atom. The molecule has 3 rings (SSSR count). The SMILES string of the molecule is NC1CCCC1Nc1ccc2c(c1)OCCCO2. The maximum atomic E-state index is 6.07. The second-order valence-corrected chi connectivity index (χ2v) is 5.06. The van der Waals surface area contributed by atoms with Gasteiger partial charge >= 0.3 is 0 Å². The molecule has 2 aliphatic rings. The van der Waals surface area contributed by atoms with Gasteiger partial charge in [0.15, 0.2) is 11.5 Å². The molecule has 98 valence electrons. The Labute approximate surface area is 107 Å². The van der Waals surface area contributed by atoms with E-state index in [-0.39, 0.29) is 6.04 Å². The fourth-order valence-corrected chi connectivity index (χ4v) is 2.64. The zero-order valence-corrected chi connectivity index (χ0v) is 10.5. The van der Waals surface area contributed by atoms with E-state index in [4.69, 9.17) is 15.2 Å². The van der Waals surface area contributed by atoms with Crippen molar-refractivity contribution in [1.82, 2.24) is 0 Å². The van der Waals surface area contributed by atoms with Crippen LogP contribution in [0.15, 0.2) is 18.2 Å². The number of hydrogen-bond donors (Lipinski definition) is 2. The van der Waals surface area contributed by atoms with Gasteiger partial charge in [0.25, 0.3) is 0 Å². The van der Waals surface area contributed by atoms with Gasteiger partial charge in [-0.25, -0.2) is 0 Å². The van der Waals surface area contributed by atoms with E-state index in [1.165, 1.54) is 6.42 Å². The Bertz CT molecular complexity index is 422. The molecule has 0 amide bonds. The minimum Gasteiger partial charge on any atom is -0.490 e. The van der Waals surface area contributed by atoms with Gasteiger partial charge in [0, 0.05) is 30.3 Å². The maximum absolute atomic E-state index is 6.07. The van der Waals surface area contributed by atoms with Gasteiger partial charge in [-0.05, 0) is 31.4 Å². The van der Waals surface area contributed by atoms with Gasteiger partial charge in [-0.1, -0.05) is 0 Å². The molecule has 1 aliphatic heterocycles. The summed E-state index contributed by atoms with van der Waals surface area (Å²) in [6, 6.07) is 6.68. The summed E-state index contributed by atoms with van der Waals surface area (Å²) in [6.45, 7) is 1.45. The Kier molecular flexibility index (Phi) is 3.28. The number of nitrogens with one attached hydrogen (secondary N) is 1. The molecule has 1 aliphatic carbocycles. The summed E-state index contributed by atoms with van der Waals surface area (Å²) < 4.78 is 11.3. The average molecular weight is 248 g/mol. The molecular weight excluding hydrogens is 228 g/mol. The molecule has 0 aromatic heterocycles. The van der Waals surface area contributed by atoms with E-state index in [0.29, 0.717) is 6.04 Å². The summed E-state index contributed by atoms with van der Waals surface area (Å²) in [5.74, 6) is 1.68. The van der Waals surface area contributed by atoms with Crippen molar-refractivity contribution in [2.24, 2.45) is 5.73 Å². The van der Waals surface area contributed by atoms with Gasteiger partial charge in [0.1, 0.15) is 0 Å². The predicted molar refractivity (Wildman–Crippen MR) is 71.3 cm³/mol. The largest absolute Gasteiger partial charge is 0.490 e. The van der Waals surface area contributed by atoms with Crippen LogP contribution in [0.5, 0.6) is 11.5 Å². The van der Waals surface area contributed by atoms with Crippen LogP contribution in [0.3, 0.4) is 0 Å². The third kappa shape index (κ3) is 2.38. The molecule has 4 heteroatoms. The van der Waals surface area contributed by atoms with E-state index in [0.717, 1.165) is 49.7 Å². The molecule has 18 heavy (non-hydrogen) atoms. The Balaban J connectivity index is 1.75. The highest BCUT2D eigenvalue weighted by Crippen LogP contribution is 2.33. The van der Waals surface area contributed by atoms with Crippen LogP contribution in [0.2, 0.25) is 0 Å². The number of anilines is 1. The van der Waals surface area contributed by atoms with Crippen LogP contribution < -0.4 is 20.5 Å². The van der Waals surface area contributed by atoms with Gasteiger partial charge in [-0.2, -0.15) is 0 Å². The molecule has 2 atom stereocenters. The zero-order chi connectivity index (χ0) is 12.4.